The van der Waals surface area contributed by atoms with Gasteiger partial charge in [-0.25, -0.2) is 0 Å². The lowest BCUT2D eigenvalue weighted by Gasteiger charge is -2.39. The number of nitrogens with zero attached hydrogens (tertiary/aromatic N) is 3. The van der Waals surface area contributed by atoms with Crippen molar-refractivity contribution in [1.82, 2.24) is 9.47 Å². The lowest BCUT2D eigenvalue weighted by atomic mass is 9.97. The first-order valence-electron chi connectivity index (χ1n) is 12.9. The van der Waals surface area contributed by atoms with Crippen molar-refractivity contribution in [3.8, 4) is 17.2 Å². The molecule has 0 N–H and O–H groups in total. The molecule has 7 nitrogen and oxygen atoms in total. The van der Waals surface area contributed by atoms with E-state index in [1.807, 2.05) is 71.8 Å². The smallest absolute Gasteiger partial charge is 0.254 e. The van der Waals surface area contributed by atoms with Gasteiger partial charge in [0.15, 0.2) is 0 Å². The number of methoxy groups -OCH3 is 2. The summed E-state index contributed by atoms with van der Waals surface area (Å²) in [7, 11) is 3.09. The Morgan fingerprint density at radius 1 is 0.897 bits per heavy atom. The van der Waals surface area contributed by atoms with Gasteiger partial charge in [-0.3, -0.25) is 14.5 Å². The van der Waals surface area contributed by atoms with E-state index in [0.29, 0.717) is 22.1 Å². The van der Waals surface area contributed by atoms with Crippen molar-refractivity contribution in [3.63, 3.8) is 0 Å². The number of aromatic nitrogens is 1. The number of hydrogen-bond acceptors (Lipinski definition) is 4. The van der Waals surface area contributed by atoms with Crippen LogP contribution in [0.3, 0.4) is 0 Å². The Kier molecular flexibility index (Phi) is 6.53. The summed E-state index contributed by atoms with van der Waals surface area (Å²) in [6.07, 6.45) is 3.73. The van der Waals surface area contributed by atoms with Crippen molar-refractivity contribution in [2.45, 2.75) is 24.9 Å². The van der Waals surface area contributed by atoms with Crippen molar-refractivity contribution in [2.75, 3.05) is 25.7 Å². The maximum atomic E-state index is 14.3. The minimum Gasteiger partial charge on any atom is -0.497 e. The van der Waals surface area contributed by atoms with E-state index >= 15 is 0 Å². The number of rotatable bonds is 7. The number of carbonyl (C=O) groups excluding carboxylic acids is 2. The van der Waals surface area contributed by atoms with E-state index in [0.717, 1.165) is 35.5 Å². The van der Waals surface area contributed by atoms with Gasteiger partial charge in [0.1, 0.15) is 24.1 Å². The summed E-state index contributed by atoms with van der Waals surface area (Å²) in [5.74, 6) is 0.659. The highest BCUT2D eigenvalue weighted by Gasteiger charge is 2.40. The van der Waals surface area contributed by atoms with Crippen LogP contribution in [-0.2, 0) is 4.79 Å². The highest BCUT2D eigenvalue weighted by molar-refractivity contribution is 6.30. The average molecular weight is 542 g/mol. The molecule has 0 spiro atoms. The van der Waals surface area contributed by atoms with Crippen LogP contribution in [0.4, 0.5) is 5.69 Å². The molecule has 8 heteroatoms. The first-order chi connectivity index (χ1) is 19.0. The number of ether oxygens (including phenoxy) is 2. The van der Waals surface area contributed by atoms with Gasteiger partial charge in [0.05, 0.1) is 31.3 Å². The molecule has 6 rings (SSSR count). The van der Waals surface area contributed by atoms with Crippen molar-refractivity contribution in [1.29, 1.82) is 0 Å². The van der Waals surface area contributed by atoms with E-state index in [1.54, 1.807) is 37.3 Å². The molecule has 4 aromatic rings. The normalized spacial score (nSPS) is 15.8. The third kappa shape index (κ3) is 4.63. The van der Waals surface area contributed by atoms with Gasteiger partial charge in [0.25, 0.3) is 5.91 Å². The molecule has 2 aliphatic rings. The lowest BCUT2D eigenvalue weighted by Crippen LogP contribution is -2.47. The Morgan fingerprint density at radius 2 is 1.56 bits per heavy atom. The Bertz CT molecular complexity index is 1520. The van der Waals surface area contributed by atoms with E-state index < -0.39 is 0 Å². The molecule has 39 heavy (non-hydrogen) atoms. The molecule has 0 radical (unpaired) electrons. The van der Waals surface area contributed by atoms with Crippen molar-refractivity contribution < 1.29 is 19.1 Å². The zero-order valence-electron chi connectivity index (χ0n) is 21.7. The number of amides is 2. The van der Waals surface area contributed by atoms with E-state index in [2.05, 4.69) is 4.57 Å². The second-order valence-electron chi connectivity index (χ2n) is 9.78. The number of hydrogen-bond donors (Lipinski definition) is 0. The first-order valence-corrected chi connectivity index (χ1v) is 13.2. The van der Waals surface area contributed by atoms with Gasteiger partial charge in [-0.2, -0.15) is 0 Å². The SMILES string of the molecule is COc1cc(OC)cc(C(=O)N(CC(=O)N2c3ccccc3-n3cccc3[C@@H]2c2ccc(Cl)cc2)C2CC2)c1. The molecule has 1 aliphatic heterocycles. The van der Waals surface area contributed by atoms with Gasteiger partial charge in [-0.05, 0) is 66.9 Å². The van der Waals surface area contributed by atoms with Crippen molar-refractivity contribution in [2.24, 2.45) is 0 Å². The van der Waals surface area contributed by atoms with Gasteiger partial charge in [-0.15, -0.1) is 0 Å². The van der Waals surface area contributed by atoms with Crippen LogP contribution in [0.15, 0.2) is 85.1 Å². The molecule has 198 valence electrons. The zero-order chi connectivity index (χ0) is 27.1. The van der Waals surface area contributed by atoms with E-state index in [4.69, 9.17) is 21.1 Å². The fraction of sp³-hybridized carbons (Fsp3) is 0.226. The van der Waals surface area contributed by atoms with E-state index in [9.17, 15) is 9.59 Å². The van der Waals surface area contributed by atoms with E-state index in [1.165, 1.54) is 0 Å². The Balaban J connectivity index is 1.39. The molecule has 1 atom stereocenters. The fourth-order valence-corrected chi connectivity index (χ4v) is 5.42. The van der Waals surface area contributed by atoms with Crippen molar-refractivity contribution in [3.05, 3.63) is 107 Å². The van der Waals surface area contributed by atoms with Gasteiger partial charge in [0.2, 0.25) is 5.91 Å². The Morgan fingerprint density at radius 3 is 2.21 bits per heavy atom. The highest BCUT2D eigenvalue weighted by Crippen LogP contribution is 2.43. The Hall–Kier alpha value is -4.23. The average Bonchev–Trinajstić information content (AvgIpc) is 3.69. The zero-order valence-corrected chi connectivity index (χ0v) is 22.5. The standard InChI is InChI=1S/C31H28ClN3O4/c1-38-24-16-21(17-25(18-24)39-2)31(37)34(23-13-14-23)19-29(36)35-27-7-4-3-6-26(27)33-15-5-8-28(33)30(35)20-9-11-22(32)12-10-20/h3-12,15-18,23,30H,13-14,19H2,1-2H3/t30-/m0/s1. The van der Waals surface area contributed by atoms with Crippen LogP contribution >= 0.6 is 11.6 Å². The summed E-state index contributed by atoms with van der Waals surface area (Å²) in [5.41, 5.74) is 4.03. The number of benzene rings is 3. The lowest BCUT2D eigenvalue weighted by molar-refractivity contribution is -0.119. The van der Waals surface area contributed by atoms with Gasteiger partial charge < -0.3 is 18.9 Å². The topological polar surface area (TPSA) is 64.0 Å². The summed E-state index contributed by atoms with van der Waals surface area (Å²) in [6, 6.07) is 24.2. The predicted molar refractivity (Wildman–Crippen MR) is 150 cm³/mol. The maximum absolute atomic E-state index is 14.3. The number of anilines is 1. The minimum absolute atomic E-state index is 0.0107. The number of carbonyl (C=O) groups is 2. The second-order valence-corrected chi connectivity index (χ2v) is 10.2. The summed E-state index contributed by atoms with van der Waals surface area (Å²) in [5, 5.41) is 0.627. The molecule has 2 amide bonds. The molecular weight excluding hydrogens is 514 g/mol. The summed E-state index contributed by atoms with van der Waals surface area (Å²) in [4.78, 5) is 31.6. The third-order valence-electron chi connectivity index (χ3n) is 7.33. The van der Waals surface area contributed by atoms with Crippen LogP contribution < -0.4 is 14.4 Å². The summed E-state index contributed by atoms with van der Waals surface area (Å²) < 4.78 is 12.9. The second kappa shape index (κ2) is 10.2. The molecule has 1 aromatic heterocycles. The molecule has 1 aliphatic carbocycles. The van der Waals surface area contributed by atoms with Crippen LogP contribution in [0.2, 0.25) is 5.02 Å². The minimum atomic E-state index is -0.382. The van der Waals surface area contributed by atoms with Crippen LogP contribution in [0.25, 0.3) is 5.69 Å². The number of para-hydroxylation sites is 2. The van der Waals surface area contributed by atoms with Crippen LogP contribution in [-0.4, -0.2) is 48.1 Å². The molecule has 1 saturated carbocycles. The van der Waals surface area contributed by atoms with Gasteiger partial charge >= 0.3 is 0 Å². The number of fused-ring (bicyclic) bond motifs is 3. The summed E-state index contributed by atoms with van der Waals surface area (Å²) in [6.45, 7) is -0.0534. The summed E-state index contributed by atoms with van der Waals surface area (Å²) >= 11 is 6.21. The van der Waals surface area contributed by atoms with E-state index in [-0.39, 0.29) is 30.4 Å². The number of halogens is 1. The molecule has 3 aromatic carbocycles. The van der Waals surface area contributed by atoms with Crippen LogP contribution in [0.1, 0.15) is 40.5 Å². The molecule has 0 bridgehead atoms. The van der Waals surface area contributed by atoms with Crippen LogP contribution in [0.5, 0.6) is 11.5 Å². The maximum Gasteiger partial charge on any atom is 0.254 e. The predicted octanol–water partition coefficient (Wildman–Crippen LogP) is 5.89. The van der Waals surface area contributed by atoms with Gasteiger partial charge in [-0.1, -0.05) is 35.9 Å². The molecule has 2 heterocycles. The first kappa shape index (κ1) is 25.1. The van der Waals surface area contributed by atoms with Crippen molar-refractivity contribution >= 4 is 29.1 Å². The third-order valence-corrected chi connectivity index (χ3v) is 7.58. The molecule has 1 fully saturated rings. The molecule has 0 unspecified atom stereocenters. The monoisotopic (exact) mass is 541 g/mol. The van der Waals surface area contributed by atoms with Gasteiger partial charge in [0, 0.05) is 28.9 Å². The Labute approximate surface area is 232 Å². The molecule has 0 saturated heterocycles. The largest absolute Gasteiger partial charge is 0.497 e. The molecular formula is C31H28ClN3O4. The van der Waals surface area contributed by atoms with Crippen LogP contribution in [0, 0.1) is 0 Å². The fourth-order valence-electron chi connectivity index (χ4n) is 5.29. The quantitative estimate of drug-likeness (QED) is 0.293. The highest BCUT2D eigenvalue weighted by atomic mass is 35.5.